The van der Waals surface area contributed by atoms with Gasteiger partial charge in [0.15, 0.2) is 0 Å². The van der Waals surface area contributed by atoms with E-state index in [1.165, 1.54) is 12.4 Å². The van der Waals surface area contributed by atoms with Crippen molar-refractivity contribution in [2.75, 3.05) is 0 Å². The smallest absolute Gasteiger partial charge is 0.352 e. The molecule has 0 aliphatic heterocycles. The number of hydrogen-bond acceptors (Lipinski definition) is 3. The Morgan fingerprint density at radius 2 is 2.18 bits per heavy atom. The molecule has 0 saturated heterocycles. The van der Waals surface area contributed by atoms with Gasteiger partial charge in [0, 0.05) is 30.3 Å². The summed E-state index contributed by atoms with van der Waals surface area (Å²) in [5, 5.41) is 6.44. The molecule has 2 saturated carbocycles. The summed E-state index contributed by atoms with van der Waals surface area (Å²) in [6.45, 7) is -0.917. The lowest BCUT2D eigenvalue weighted by Crippen LogP contribution is -2.44. The third kappa shape index (κ3) is 3.26. The first-order valence-electron chi connectivity index (χ1n) is 7.43. The molecular formula is C14H19F3N4O. The number of nitrogens with two attached hydrogens (primary N) is 1. The molecule has 2 aliphatic carbocycles. The molecule has 2 fully saturated rings. The number of alkyl halides is 3. The Balaban J connectivity index is 1.47. The van der Waals surface area contributed by atoms with Crippen LogP contribution in [0.1, 0.15) is 24.8 Å². The number of nitrogens with zero attached hydrogens (tertiary/aromatic N) is 2. The van der Waals surface area contributed by atoms with Gasteiger partial charge in [-0.05, 0) is 31.1 Å². The largest absolute Gasteiger partial charge is 0.408 e. The molecule has 1 aromatic heterocycles. The van der Waals surface area contributed by atoms with E-state index >= 15 is 0 Å². The molecular weight excluding hydrogens is 297 g/mol. The molecule has 22 heavy (non-hydrogen) atoms. The Kier molecular flexibility index (Phi) is 3.88. The Morgan fingerprint density at radius 1 is 1.41 bits per heavy atom. The van der Waals surface area contributed by atoms with Crippen molar-refractivity contribution in [2.24, 2.45) is 23.5 Å². The molecule has 0 radical (unpaired) electrons. The second kappa shape index (κ2) is 5.57. The molecule has 4 atom stereocenters. The highest BCUT2D eigenvalue weighted by Crippen LogP contribution is 2.48. The van der Waals surface area contributed by atoms with Gasteiger partial charge in [-0.2, -0.15) is 18.3 Å². The summed E-state index contributed by atoms with van der Waals surface area (Å²) in [4.78, 5) is 12.1. The summed E-state index contributed by atoms with van der Waals surface area (Å²) in [5.74, 6) is 0.976. The SMILES string of the molecule is NC1CC2CC(C(=O)NCc3cnn(CC(F)(F)F)c3)CC12. The molecule has 5 nitrogen and oxygen atoms in total. The number of aromatic nitrogens is 2. The molecule has 0 bridgehead atoms. The normalized spacial score (nSPS) is 30.7. The summed E-state index contributed by atoms with van der Waals surface area (Å²) in [7, 11) is 0. The van der Waals surface area contributed by atoms with Gasteiger partial charge in [-0.15, -0.1) is 0 Å². The van der Waals surface area contributed by atoms with Crippen LogP contribution >= 0.6 is 0 Å². The van der Waals surface area contributed by atoms with Crippen molar-refractivity contribution in [1.82, 2.24) is 15.1 Å². The van der Waals surface area contributed by atoms with Crippen LogP contribution in [0, 0.1) is 17.8 Å². The van der Waals surface area contributed by atoms with Gasteiger partial charge in [-0.1, -0.05) is 0 Å². The van der Waals surface area contributed by atoms with Crippen LogP contribution in [0.15, 0.2) is 12.4 Å². The van der Waals surface area contributed by atoms with Crippen molar-refractivity contribution in [3.8, 4) is 0 Å². The summed E-state index contributed by atoms with van der Waals surface area (Å²) in [6.07, 6.45) is 1.05. The quantitative estimate of drug-likeness (QED) is 0.883. The summed E-state index contributed by atoms with van der Waals surface area (Å²) < 4.78 is 37.5. The van der Waals surface area contributed by atoms with Crippen LogP contribution in [0.4, 0.5) is 13.2 Å². The van der Waals surface area contributed by atoms with Crippen LogP contribution in [0.2, 0.25) is 0 Å². The highest BCUT2D eigenvalue weighted by Gasteiger charge is 2.47. The minimum atomic E-state index is -4.30. The number of carbonyl (C=O) groups excluding carboxylic acids is 1. The molecule has 0 spiro atoms. The molecule has 3 rings (SSSR count). The fraction of sp³-hybridized carbons (Fsp3) is 0.714. The van der Waals surface area contributed by atoms with E-state index in [1.807, 2.05) is 0 Å². The molecule has 0 aromatic carbocycles. The Bertz CT molecular complexity index is 557. The van der Waals surface area contributed by atoms with Crippen molar-refractivity contribution in [3.63, 3.8) is 0 Å². The lowest BCUT2D eigenvalue weighted by atomic mass is 9.72. The highest BCUT2D eigenvalue weighted by atomic mass is 19.4. The maximum absolute atomic E-state index is 12.2. The Morgan fingerprint density at radius 3 is 2.82 bits per heavy atom. The van der Waals surface area contributed by atoms with E-state index < -0.39 is 12.7 Å². The first-order valence-corrected chi connectivity index (χ1v) is 7.43. The van der Waals surface area contributed by atoms with Crippen LogP contribution < -0.4 is 11.1 Å². The number of carbonyl (C=O) groups is 1. The standard InChI is InChI=1S/C14H19F3N4O/c15-14(16,17)7-21-6-8(5-20-21)4-19-13(22)10-1-9-3-12(18)11(9)2-10/h5-6,9-12H,1-4,7,18H2,(H,19,22). The van der Waals surface area contributed by atoms with E-state index in [1.54, 1.807) is 0 Å². The molecule has 122 valence electrons. The molecule has 1 heterocycles. The monoisotopic (exact) mass is 316 g/mol. The molecule has 8 heteroatoms. The topological polar surface area (TPSA) is 72.9 Å². The van der Waals surface area contributed by atoms with Crippen LogP contribution in [-0.4, -0.2) is 27.9 Å². The van der Waals surface area contributed by atoms with Gasteiger partial charge in [0.2, 0.25) is 5.91 Å². The van der Waals surface area contributed by atoms with Gasteiger partial charge in [0.25, 0.3) is 0 Å². The second-order valence-electron chi connectivity index (χ2n) is 6.37. The predicted octanol–water partition coefficient (Wildman–Crippen LogP) is 1.43. The van der Waals surface area contributed by atoms with E-state index in [-0.39, 0.29) is 24.4 Å². The summed E-state index contributed by atoms with van der Waals surface area (Å²) in [6, 6.07) is 0.225. The minimum absolute atomic E-state index is 0.0197. The number of nitrogens with one attached hydrogen (secondary N) is 1. The van der Waals surface area contributed by atoms with E-state index in [9.17, 15) is 18.0 Å². The van der Waals surface area contributed by atoms with Gasteiger partial charge in [0.1, 0.15) is 6.54 Å². The molecule has 1 amide bonds. The van der Waals surface area contributed by atoms with E-state index in [4.69, 9.17) is 5.73 Å². The van der Waals surface area contributed by atoms with Gasteiger partial charge < -0.3 is 11.1 Å². The molecule has 2 aliphatic rings. The summed E-state index contributed by atoms with van der Waals surface area (Å²) >= 11 is 0. The van der Waals surface area contributed by atoms with Gasteiger partial charge in [-0.25, -0.2) is 0 Å². The van der Waals surface area contributed by atoms with Crippen molar-refractivity contribution in [1.29, 1.82) is 0 Å². The molecule has 3 N–H and O–H groups in total. The van der Waals surface area contributed by atoms with Crippen LogP contribution in [0.3, 0.4) is 0 Å². The lowest BCUT2D eigenvalue weighted by molar-refractivity contribution is -0.142. The van der Waals surface area contributed by atoms with Crippen molar-refractivity contribution in [3.05, 3.63) is 18.0 Å². The average Bonchev–Trinajstić information content (AvgIpc) is 2.98. The zero-order chi connectivity index (χ0) is 15.9. The first kappa shape index (κ1) is 15.3. The molecule has 4 unspecified atom stereocenters. The summed E-state index contributed by atoms with van der Waals surface area (Å²) in [5.41, 5.74) is 6.47. The average molecular weight is 316 g/mol. The maximum Gasteiger partial charge on any atom is 0.408 e. The third-order valence-electron chi connectivity index (χ3n) is 4.74. The van der Waals surface area contributed by atoms with E-state index in [0.717, 1.165) is 23.9 Å². The second-order valence-corrected chi connectivity index (χ2v) is 6.37. The maximum atomic E-state index is 12.2. The zero-order valence-corrected chi connectivity index (χ0v) is 12.0. The van der Waals surface area contributed by atoms with Crippen molar-refractivity contribution >= 4 is 5.91 Å². The zero-order valence-electron chi connectivity index (χ0n) is 12.0. The number of hydrogen-bond donors (Lipinski definition) is 2. The number of amides is 1. The first-order chi connectivity index (χ1) is 10.3. The number of halogens is 3. The fourth-order valence-corrected chi connectivity index (χ4v) is 3.60. The van der Waals surface area contributed by atoms with Crippen molar-refractivity contribution < 1.29 is 18.0 Å². The van der Waals surface area contributed by atoms with Crippen LogP contribution in [-0.2, 0) is 17.9 Å². The minimum Gasteiger partial charge on any atom is -0.352 e. The fourth-order valence-electron chi connectivity index (χ4n) is 3.60. The predicted molar refractivity (Wildman–Crippen MR) is 72.4 cm³/mol. The van der Waals surface area contributed by atoms with E-state index in [2.05, 4.69) is 10.4 Å². The van der Waals surface area contributed by atoms with Crippen molar-refractivity contribution in [2.45, 2.75) is 44.6 Å². The van der Waals surface area contributed by atoms with Gasteiger partial charge in [0.05, 0.1) is 6.20 Å². The highest BCUT2D eigenvalue weighted by molar-refractivity contribution is 5.79. The Hall–Kier alpha value is -1.57. The van der Waals surface area contributed by atoms with E-state index in [0.29, 0.717) is 17.4 Å². The van der Waals surface area contributed by atoms with Crippen LogP contribution in [0.5, 0.6) is 0 Å². The third-order valence-corrected chi connectivity index (χ3v) is 4.74. The lowest BCUT2D eigenvalue weighted by Gasteiger charge is -2.37. The Labute approximate surface area is 126 Å². The number of rotatable bonds is 4. The number of fused-ring (bicyclic) bond motifs is 1. The molecule has 1 aromatic rings. The van der Waals surface area contributed by atoms with Crippen LogP contribution in [0.25, 0.3) is 0 Å². The van der Waals surface area contributed by atoms with Gasteiger partial charge in [-0.3, -0.25) is 9.48 Å². The van der Waals surface area contributed by atoms with Gasteiger partial charge >= 0.3 is 6.18 Å².